The van der Waals surface area contributed by atoms with E-state index in [1.165, 1.54) is 17.6 Å². The summed E-state index contributed by atoms with van der Waals surface area (Å²) >= 11 is 1.40. The number of fused-ring (bicyclic) bond motifs is 2. The molecule has 0 radical (unpaired) electrons. The van der Waals surface area contributed by atoms with Gasteiger partial charge in [0.1, 0.15) is 22.9 Å². The van der Waals surface area contributed by atoms with Crippen molar-refractivity contribution in [2.75, 3.05) is 38.3 Å². The number of likely N-dealkylation sites (N-methyl/N-ethyl adjacent to an activating group) is 1. The first kappa shape index (κ1) is 34.6. The molecule has 6 N–H and O–H groups in total. The lowest BCUT2D eigenvalue weighted by Crippen LogP contribution is -2.43. The number of carbonyl (C=O) groups is 1. The highest BCUT2D eigenvalue weighted by Crippen LogP contribution is 2.52. The van der Waals surface area contributed by atoms with Crippen molar-refractivity contribution in [1.82, 2.24) is 19.4 Å². The molecule has 3 fully saturated rings. The Morgan fingerprint density at radius 1 is 1.24 bits per heavy atom. The Hall–Kier alpha value is -4.84. The Balaban J connectivity index is 1.28. The van der Waals surface area contributed by atoms with E-state index >= 15 is 0 Å². The summed E-state index contributed by atoms with van der Waals surface area (Å²) in [6.45, 7) is 6.03. The maximum Gasteiger partial charge on any atom is 0.274 e. The minimum absolute atomic E-state index is 0.0620. The topological polar surface area (TPSA) is 201 Å². The van der Waals surface area contributed by atoms with Gasteiger partial charge in [-0.3, -0.25) is 14.5 Å². The third-order valence-corrected chi connectivity index (χ3v) is 11.9. The molecule has 3 aromatic rings. The van der Waals surface area contributed by atoms with E-state index in [1.54, 1.807) is 29.0 Å². The van der Waals surface area contributed by atoms with Gasteiger partial charge in [-0.15, -0.1) is 11.3 Å². The average molecular weight is 710 g/mol. The zero-order valence-electron chi connectivity index (χ0n) is 28.8. The lowest BCUT2D eigenvalue weighted by molar-refractivity contribution is -0.122. The Morgan fingerprint density at radius 2 is 2.04 bits per heavy atom. The van der Waals surface area contributed by atoms with Crippen LogP contribution in [0.5, 0.6) is 5.88 Å². The molecule has 0 aromatic carbocycles. The number of pyridine rings is 1. The summed E-state index contributed by atoms with van der Waals surface area (Å²) in [5, 5.41) is 10.5. The van der Waals surface area contributed by atoms with E-state index in [0.29, 0.717) is 60.6 Å². The second-order valence-corrected chi connectivity index (χ2v) is 15.0. The molecule has 0 bridgehead atoms. The van der Waals surface area contributed by atoms with Crippen LogP contribution in [-0.4, -0.2) is 70.4 Å². The molecule has 4 atom stereocenters. The van der Waals surface area contributed by atoms with E-state index in [9.17, 15) is 14.9 Å². The summed E-state index contributed by atoms with van der Waals surface area (Å²) in [6, 6.07) is 5.65. The van der Waals surface area contributed by atoms with Crippen molar-refractivity contribution in [2.24, 2.45) is 10.7 Å². The van der Waals surface area contributed by atoms with Gasteiger partial charge in [-0.2, -0.15) is 10.2 Å². The Morgan fingerprint density at radius 3 is 2.75 bits per heavy atom. The molecule has 7 rings (SSSR count). The molecule has 2 aliphatic heterocycles. The molecule has 4 aliphatic rings. The van der Waals surface area contributed by atoms with E-state index in [-0.39, 0.29) is 58.4 Å². The van der Waals surface area contributed by atoms with Crippen molar-refractivity contribution < 1.29 is 14.3 Å². The smallest absolute Gasteiger partial charge is 0.274 e. The molecule has 2 saturated heterocycles. The number of likely N-dealkylation sites (tertiary alicyclic amines) is 1. The van der Waals surface area contributed by atoms with Crippen LogP contribution in [0, 0.1) is 11.3 Å². The monoisotopic (exact) mass is 709 g/mol. The first-order valence-corrected chi connectivity index (χ1v) is 18.3. The van der Waals surface area contributed by atoms with Crippen molar-refractivity contribution in [3.63, 3.8) is 0 Å². The van der Waals surface area contributed by atoms with Crippen molar-refractivity contribution in [1.29, 1.82) is 5.26 Å². The normalized spacial score (nSPS) is 25.2. The maximum absolute atomic E-state index is 14.6. The number of rotatable bonds is 8. The fourth-order valence-corrected chi connectivity index (χ4v) is 9.37. The molecule has 266 valence electrons. The number of carbonyl (C=O) groups excluding carboxylic acids is 1. The molecular weight excluding hydrogens is 667 g/mol. The van der Waals surface area contributed by atoms with Crippen LogP contribution in [0.1, 0.15) is 84.8 Å². The third-order valence-electron chi connectivity index (χ3n) is 10.9. The fourth-order valence-electron chi connectivity index (χ4n) is 8.21. The Kier molecular flexibility index (Phi) is 9.54. The molecule has 14 heteroatoms. The van der Waals surface area contributed by atoms with Crippen molar-refractivity contribution in [2.45, 2.75) is 81.4 Å². The van der Waals surface area contributed by atoms with Crippen LogP contribution >= 0.6 is 11.3 Å². The number of Topliss-reactive ketones (excluding diaryl/α,β-unsaturated/α-hetero) is 1. The van der Waals surface area contributed by atoms with Crippen molar-refractivity contribution in [3.8, 4) is 11.9 Å². The van der Waals surface area contributed by atoms with Crippen LogP contribution in [0.2, 0.25) is 0 Å². The number of aliphatic imine (C=N–C) groups is 1. The van der Waals surface area contributed by atoms with Crippen LogP contribution in [0.15, 0.2) is 46.3 Å². The summed E-state index contributed by atoms with van der Waals surface area (Å²) in [5.41, 5.74) is 20.5. The molecule has 5 heterocycles. The maximum atomic E-state index is 14.6. The van der Waals surface area contributed by atoms with Crippen molar-refractivity contribution >= 4 is 45.5 Å². The fraction of sp³-hybridized carbons (Fsp3) is 0.459. The molecule has 13 nitrogen and oxygen atoms in total. The van der Waals surface area contributed by atoms with E-state index in [4.69, 9.17) is 31.7 Å². The number of aromatic nitrogens is 3. The number of ether oxygens (including phenoxy) is 2. The molecule has 0 unspecified atom stereocenters. The van der Waals surface area contributed by atoms with Crippen LogP contribution in [0.4, 0.5) is 16.5 Å². The zero-order chi connectivity index (χ0) is 35.9. The zero-order valence-corrected chi connectivity index (χ0v) is 29.6. The minimum Gasteiger partial charge on any atom is -0.468 e. The number of nitrogens with two attached hydrogens (primary N) is 3. The van der Waals surface area contributed by atoms with Gasteiger partial charge in [0.15, 0.2) is 17.4 Å². The van der Waals surface area contributed by atoms with Crippen molar-refractivity contribution in [3.05, 3.63) is 74.3 Å². The van der Waals surface area contributed by atoms with Crippen LogP contribution in [-0.2, 0) is 21.4 Å². The van der Waals surface area contributed by atoms with Gasteiger partial charge in [0, 0.05) is 41.1 Å². The highest BCUT2D eigenvalue weighted by atomic mass is 32.1. The highest BCUT2D eigenvalue weighted by molar-refractivity contribution is 7.16. The van der Waals surface area contributed by atoms with Crippen LogP contribution in [0.3, 0.4) is 0 Å². The molecule has 1 spiro atoms. The number of nitriles is 1. The van der Waals surface area contributed by atoms with Gasteiger partial charge in [-0.05, 0) is 89.1 Å². The second kappa shape index (κ2) is 14.1. The number of anilines is 2. The highest BCUT2D eigenvalue weighted by Gasteiger charge is 2.49. The summed E-state index contributed by atoms with van der Waals surface area (Å²) < 4.78 is 13.5. The summed E-state index contributed by atoms with van der Waals surface area (Å²) in [4.78, 5) is 45.0. The van der Waals surface area contributed by atoms with Gasteiger partial charge in [0.25, 0.3) is 5.56 Å². The number of nitrogen functional groups attached to an aromatic ring is 2. The van der Waals surface area contributed by atoms with E-state index < -0.39 is 5.41 Å². The van der Waals surface area contributed by atoms with Gasteiger partial charge in [-0.1, -0.05) is 6.58 Å². The summed E-state index contributed by atoms with van der Waals surface area (Å²) in [5.74, 6) is 0.428. The van der Waals surface area contributed by atoms with Gasteiger partial charge >= 0.3 is 0 Å². The third kappa shape index (κ3) is 6.23. The quantitative estimate of drug-likeness (QED) is 0.172. The predicted octanol–water partition coefficient (Wildman–Crippen LogP) is 4.17. The molecular formula is C37H43N9O4S. The minimum atomic E-state index is -0.872. The first-order chi connectivity index (χ1) is 24.6. The average Bonchev–Trinajstić information content (AvgIpc) is 3.89. The number of aryl methyl sites for hydroxylation is 1. The van der Waals surface area contributed by atoms with E-state index in [2.05, 4.69) is 34.6 Å². The number of ketones is 1. The second-order valence-electron chi connectivity index (χ2n) is 13.8. The molecule has 51 heavy (non-hydrogen) atoms. The molecule has 3 aromatic heterocycles. The Bertz CT molecular complexity index is 2040. The summed E-state index contributed by atoms with van der Waals surface area (Å²) in [7, 11) is 2.05. The largest absolute Gasteiger partial charge is 0.468 e. The SMILES string of the molecule is C=C[C@H](Oc1cc(/N=C/c2ccn([C@H]3CCOC3)c(=O)c2N)nc(/C(N)=C2\CCC[C@@]3(CCCc4sc(N)c(C#N)c43)C2=O)n1)[C@@H]1CCCN1C. The van der Waals surface area contributed by atoms with Crippen LogP contribution in [0.25, 0.3) is 5.70 Å². The standard InChI is InChI=1S/C37H43N9O4S/c1-3-26(25-8-6-14-45(25)2)50-29-17-28(42-19-21-10-15-46(36(48)31(21)39)22-11-16-49-20-22)43-35(44-29)32(40)23-7-4-12-37(33(23)47)13-5-9-27-30(37)24(18-38)34(41)51-27/h3,10,15,17,19,22,25-26H,1,4-9,11-14,16,20,39-41H2,2H3/b32-23-,42-19+/t22-,25-,26-,37-/m0/s1. The van der Waals surface area contributed by atoms with E-state index in [0.717, 1.165) is 49.1 Å². The molecule has 2 aliphatic carbocycles. The number of hydrogen-bond donors (Lipinski definition) is 3. The van der Waals surface area contributed by atoms with Crippen LogP contribution < -0.4 is 27.5 Å². The van der Waals surface area contributed by atoms with Gasteiger partial charge in [0.2, 0.25) is 5.88 Å². The van der Waals surface area contributed by atoms with Gasteiger partial charge in [-0.25, -0.2) is 9.98 Å². The van der Waals surface area contributed by atoms with Gasteiger partial charge in [0.05, 0.1) is 35.4 Å². The Labute approximate surface area is 300 Å². The predicted molar refractivity (Wildman–Crippen MR) is 197 cm³/mol. The number of nitrogens with zero attached hydrogens (tertiary/aromatic N) is 6. The number of thiophene rings is 1. The first-order valence-electron chi connectivity index (χ1n) is 17.5. The lowest BCUT2D eigenvalue weighted by atomic mass is 9.61. The number of hydrogen-bond acceptors (Lipinski definition) is 13. The molecule has 0 amide bonds. The van der Waals surface area contributed by atoms with Gasteiger partial charge < -0.3 is 31.2 Å². The summed E-state index contributed by atoms with van der Waals surface area (Å²) in [6.07, 6.45) is 11.3. The number of allylic oxidation sites excluding steroid dienone is 1. The van der Waals surface area contributed by atoms with E-state index in [1.807, 2.05) is 0 Å². The lowest BCUT2D eigenvalue weighted by Gasteiger charge is -2.40. The molecule has 1 saturated carbocycles.